The van der Waals surface area contributed by atoms with E-state index in [1.807, 2.05) is 38.1 Å². The zero-order chi connectivity index (χ0) is 22.2. The van der Waals surface area contributed by atoms with Gasteiger partial charge in [0.2, 0.25) is 5.91 Å². The van der Waals surface area contributed by atoms with E-state index in [0.29, 0.717) is 13.0 Å². The van der Waals surface area contributed by atoms with Crippen LogP contribution < -0.4 is 17.0 Å². The number of aliphatic hydroxyl groups excluding tert-OH is 1. The van der Waals surface area contributed by atoms with E-state index in [4.69, 9.17) is 11.2 Å². The molecule has 0 bridgehead atoms. The minimum Gasteiger partial charge on any atom is -0.391 e. The fourth-order valence-electron chi connectivity index (χ4n) is 2.46. The molecule has 1 aliphatic rings. The third-order valence-electron chi connectivity index (χ3n) is 3.70. The van der Waals surface area contributed by atoms with Crippen molar-refractivity contribution < 1.29 is 14.7 Å². The number of carbonyl (C=O) groups is 2. The van der Waals surface area contributed by atoms with Gasteiger partial charge in [0.05, 0.1) is 6.10 Å². The van der Waals surface area contributed by atoms with Crippen LogP contribution in [0.1, 0.15) is 44.7 Å². The van der Waals surface area contributed by atoms with Crippen LogP contribution in [0.5, 0.6) is 0 Å². The summed E-state index contributed by atoms with van der Waals surface area (Å²) < 4.78 is 0. The van der Waals surface area contributed by atoms with Crippen LogP contribution in [0.25, 0.3) is 0 Å². The van der Waals surface area contributed by atoms with Gasteiger partial charge in [-0.25, -0.2) is 0 Å². The van der Waals surface area contributed by atoms with E-state index in [9.17, 15) is 9.90 Å². The zero-order valence-corrected chi connectivity index (χ0v) is 17.6. The van der Waals surface area contributed by atoms with Gasteiger partial charge in [0.25, 0.3) is 0 Å². The van der Waals surface area contributed by atoms with Gasteiger partial charge in [-0.15, -0.1) is 6.42 Å². The minimum absolute atomic E-state index is 0.0463. The van der Waals surface area contributed by atoms with Crippen LogP contribution >= 0.6 is 0 Å². The molecular weight excluding hydrogens is 356 g/mol. The number of hydrogen-bond acceptors (Lipinski definition) is 6. The molecule has 0 saturated carbocycles. The average molecular weight is 393 g/mol. The monoisotopic (exact) mass is 392 g/mol. The lowest BCUT2D eigenvalue weighted by Gasteiger charge is -2.22. The average Bonchev–Trinajstić information content (AvgIpc) is 3.12. The number of nitrogens with two attached hydrogens (primary N) is 2. The number of rotatable bonds is 3. The largest absolute Gasteiger partial charge is 0.391 e. The number of amides is 1. The van der Waals surface area contributed by atoms with Crippen molar-refractivity contribution in [3.8, 4) is 12.3 Å². The lowest BCUT2D eigenvalue weighted by Crippen LogP contribution is -2.32. The molecule has 1 aromatic rings. The van der Waals surface area contributed by atoms with Crippen molar-refractivity contribution in [2.75, 3.05) is 20.1 Å². The molecule has 0 radical (unpaired) electrons. The molecule has 1 aromatic carbocycles. The fraction of sp³-hybridized carbons (Fsp3) is 0.524. The van der Waals surface area contributed by atoms with Crippen molar-refractivity contribution in [3.63, 3.8) is 0 Å². The number of nitrogens with zero attached hydrogens (tertiary/aromatic N) is 1. The lowest BCUT2D eigenvalue weighted by atomic mass is 9.92. The van der Waals surface area contributed by atoms with Gasteiger partial charge in [-0.05, 0) is 36.6 Å². The fourth-order valence-corrected chi connectivity index (χ4v) is 2.46. The third kappa shape index (κ3) is 13.0. The number of hydrazine groups is 1. The summed E-state index contributed by atoms with van der Waals surface area (Å²) in [5, 5.41) is 12.3. The maximum absolute atomic E-state index is 11.6. The molecule has 0 spiro atoms. The maximum Gasteiger partial charge on any atom is 0.223 e. The number of β-amino-alcohol motifs (C(OH)–C–C–N with tert-alkyl or cyclic N) is 1. The zero-order valence-electron chi connectivity index (χ0n) is 17.6. The van der Waals surface area contributed by atoms with Crippen molar-refractivity contribution in [3.05, 3.63) is 35.4 Å². The SMILES string of the molecule is C#Cc1ccc(CNC)cc1.C=O.CC(C)(C)CC(=O)N1CCC(O)C1.NN. The van der Waals surface area contributed by atoms with E-state index >= 15 is 0 Å². The molecule has 1 atom stereocenters. The van der Waals surface area contributed by atoms with E-state index < -0.39 is 0 Å². The van der Waals surface area contributed by atoms with Crippen LogP contribution in [0.4, 0.5) is 0 Å². The Bertz CT molecular complexity index is 577. The first-order chi connectivity index (χ1) is 13.2. The highest BCUT2D eigenvalue weighted by Crippen LogP contribution is 2.21. The van der Waals surface area contributed by atoms with Crippen LogP contribution in [-0.4, -0.2) is 48.9 Å². The Hall–Kier alpha value is -2.24. The standard InChI is InChI=1S/C10H19NO2.C10H11N.CH2O.H4N2/c1-10(2,3)6-9(13)11-5-4-8(12)7-11;1-3-9-4-6-10(7-5-9)8-11-2;2*1-2/h8,12H,4-7H2,1-3H3;1,4-7,11H,8H2,2H3;1H2;1-2H2. The topological polar surface area (TPSA) is 122 Å². The van der Waals surface area contributed by atoms with Crippen molar-refractivity contribution in [1.29, 1.82) is 0 Å². The summed E-state index contributed by atoms with van der Waals surface area (Å²) in [4.78, 5) is 21.4. The van der Waals surface area contributed by atoms with Crippen LogP contribution in [-0.2, 0) is 16.1 Å². The van der Waals surface area contributed by atoms with Crippen molar-refractivity contribution in [1.82, 2.24) is 10.2 Å². The Morgan fingerprint density at radius 2 is 1.86 bits per heavy atom. The number of terminal acetylenes is 1. The Balaban J connectivity index is 0. The van der Waals surface area contributed by atoms with Crippen molar-refractivity contribution in [2.45, 2.75) is 46.3 Å². The van der Waals surface area contributed by atoms with Gasteiger partial charge in [0.15, 0.2) is 0 Å². The summed E-state index contributed by atoms with van der Waals surface area (Å²) in [6.07, 6.45) is 6.21. The smallest absolute Gasteiger partial charge is 0.223 e. The van der Waals surface area contributed by atoms with Gasteiger partial charge in [0.1, 0.15) is 6.79 Å². The van der Waals surface area contributed by atoms with E-state index in [0.717, 1.165) is 25.1 Å². The molecular formula is C21H36N4O3. The molecule has 1 unspecified atom stereocenters. The van der Waals surface area contributed by atoms with E-state index in [2.05, 4.69) is 43.7 Å². The van der Waals surface area contributed by atoms with E-state index in [1.54, 1.807) is 4.90 Å². The second kappa shape index (κ2) is 15.8. The third-order valence-corrected chi connectivity index (χ3v) is 3.70. The molecule has 158 valence electrons. The molecule has 0 aromatic heterocycles. The summed E-state index contributed by atoms with van der Waals surface area (Å²) in [5.74, 6) is 10.7. The molecule has 0 aliphatic carbocycles. The first-order valence-corrected chi connectivity index (χ1v) is 9.03. The molecule has 2 rings (SSSR count). The second-order valence-corrected chi connectivity index (χ2v) is 7.39. The Labute approximate surface area is 169 Å². The van der Waals surface area contributed by atoms with Gasteiger partial charge >= 0.3 is 0 Å². The van der Waals surface area contributed by atoms with E-state index in [-0.39, 0.29) is 17.4 Å². The minimum atomic E-state index is -0.302. The van der Waals surface area contributed by atoms with Gasteiger partial charge < -0.3 is 20.1 Å². The highest BCUT2D eigenvalue weighted by molar-refractivity contribution is 5.77. The molecule has 1 amide bonds. The van der Waals surface area contributed by atoms with Gasteiger partial charge in [-0.2, -0.15) is 0 Å². The number of likely N-dealkylation sites (tertiary alicyclic amines) is 1. The van der Waals surface area contributed by atoms with E-state index in [1.165, 1.54) is 5.56 Å². The van der Waals surface area contributed by atoms with Gasteiger partial charge in [-0.3, -0.25) is 16.5 Å². The maximum atomic E-state index is 11.6. The molecule has 7 nitrogen and oxygen atoms in total. The second-order valence-electron chi connectivity index (χ2n) is 7.39. The number of benzene rings is 1. The number of hydrogen-bond donors (Lipinski definition) is 4. The molecule has 1 heterocycles. The Morgan fingerprint density at radius 3 is 2.21 bits per heavy atom. The summed E-state index contributed by atoms with van der Waals surface area (Å²) in [5.41, 5.74) is 2.24. The predicted molar refractivity (Wildman–Crippen MR) is 114 cm³/mol. The first kappa shape index (κ1) is 28.0. The number of aliphatic hydroxyl groups is 1. The first-order valence-electron chi connectivity index (χ1n) is 9.03. The summed E-state index contributed by atoms with van der Waals surface area (Å²) in [6, 6.07) is 7.97. The molecule has 6 N–H and O–H groups in total. The molecule has 1 fully saturated rings. The molecule has 7 heteroatoms. The van der Waals surface area contributed by atoms with Crippen LogP contribution in [0, 0.1) is 17.8 Å². The lowest BCUT2D eigenvalue weighted by molar-refractivity contribution is -0.132. The normalized spacial score (nSPS) is 14.9. The van der Waals surface area contributed by atoms with Gasteiger partial charge in [0, 0.05) is 31.6 Å². The molecule has 1 saturated heterocycles. The number of carbonyl (C=O) groups excluding carboxylic acids is 2. The Morgan fingerprint density at radius 1 is 1.32 bits per heavy atom. The van der Waals surface area contributed by atoms with Crippen LogP contribution in [0.15, 0.2) is 24.3 Å². The Kier molecular flexibility index (Phi) is 15.8. The highest BCUT2D eigenvalue weighted by atomic mass is 16.3. The summed E-state index contributed by atoms with van der Waals surface area (Å²) in [7, 11) is 1.93. The number of nitrogens with one attached hydrogen (secondary N) is 1. The van der Waals surface area contributed by atoms with Gasteiger partial charge in [-0.1, -0.05) is 38.8 Å². The van der Waals surface area contributed by atoms with Crippen molar-refractivity contribution in [2.24, 2.45) is 17.1 Å². The molecule has 28 heavy (non-hydrogen) atoms. The van der Waals surface area contributed by atoms with Crippen molar-refractivity contribution >= 4 is 12.7 Å². The van der Waals surface area contributed by atoms with Crippen LogP contribution in [0.2, 0.25) is 0 Å². The highest BCUT2D eigenvalue weighted by Gasteiger charge is 2.27. The summed E-state index contributed by atoms with van der Waals surface area (Å²) in [6.45, 7) is 10.3. The van der Waals surface area contributed by atoms with Crippen LogP contribution in [0.3, 0.4) is 0 Å². The quantitative estimate of drug-likeness (QED) is 0.346. The molecule has 1 aliphatic heterocycles. The summed E-state index contributed by atoms with van der Waals surface area (Å²) >= 11 is 0. The predicted octanol–water partition coefficient (Wildman–Crippen LogP) is 1.04.